The summed E-state index contributed by atoms with van der Waals surface area (Å²) in [4.78, 5) is 27.2. The molecule has 0 unspecified atom stereocenters. The first kappa shape index (κ1) is 14.9. The maximum Gasteiger partial charge on any atom is 0.406 e. The Hall–Kier alpha value is -2.12. The molecule has 1 heterocycles. The van der Waals surface area contributed by atoms with Crippen molar-refractivity contribution in [3.8, 4) is 0 Å². The first-order valence-electron chi connectivity index (χ1n) is 5.83. The van der Waals surface area contributed by atoms with Crippen LogP contribution in [-0.2, 0) is 11.8 Å². The van der Waals surface area contributed by atoms with Crippen molar-refractivity contribution in [1.82, 2.24) is 9.55 Å². The number of rotatable bonds is 5. The van der Waals surface area contributed by atoms with E-state index in [1.807, 2.05) is 0 Å². The van der Waals surface area contributed by atoms with Crippen molar-refractivity contribution in [2.45, 2.75) is 33.2 Å². The van der Waals surface area contributed by atoms with E-state index in [1.54, 1.807) is 20.9 Å². The zero-order chi connectivity index (χ0) is 15.0. The average molecular weight is 270 g/mol. The molecule has 0 amide bonds. The maximum absolute atomic E-state index is 11.4. The van der Waals surface area contributed by atoms with Gasteiger partial charge in [-0.3, -0.25) is 4.57 Å². The molecule has 1 N–H and O–H groups in total. The fourth-order valence-electron chi connectivity index (χ4n) is 1.93. The van der Waals surface area contributed by atoms with Gasteiger partial charge in [0.15, 0.2) is 0 Å². The van der Waals surface area contributed by atoms with E-state index >= 15 is 0 Å². The summed E-state index contributed by atoms with van der Waals surface area (Å²) >= 11 is 0. The molecule has 0 aliphatic heterocycles. The predicted molar refractivity (Wildman–Crippen MR) is 69.3 cm³/mol. The van der Waals surface area contributed by atoms with Gasteiger partial charge < -0.3 is 20.1 Å². The van der Waals surface area contributed by atoms with Crippen LogP contribution >= 0.6 is 0 Å². The lowest BCUT2D eigenvalue weighted by atomic mass is 10.0. The van der Waals surface area contributed by atoms with E-state index in [0.717, 1.165) is 0 Å². The summed E-state index contributed by atoms with van der Waals surface area (Å²) in [6.45, 7) is 6.71. The summed E-state index contributed by atoms with van der Waals surface area (Å²) in [5, 5.41) is 20.4. The fourth-order valence-corrected chi connectivity index (χ4v) is 1.93. The van der Waals surface area contributed by atoms with Crippen molar-refractivity contribution < 1.29 is 14.8 Å². The number of aliphatic carboxylic acids is 1. The Morgan fingerprint density at radius 3 is 2.47 bits per heavy atom. The van der Waals surface area contributed by atoms with Crippen molar-refractivity contribution in [2.75, 3.05) is 11.4 Å². The van der Waals surface area contributed by atoms with Crippen LogP contribution in [-0.4, -0.2) is 37.6 Å². The Morgan fingerprint density at radius 1 is 1.58 bits per heavy atom. The van der Waals surface area contributed by atoms with Gasteiger partial charge in [0.2, 0.25) is 11.6 Å². The van der Waals surface area contributed by atoms with Gasteiger partial charge in [-0.15, -0.1) is 0 Å². The standard InChI is InChI=1S/C11H18N4O4/c1-6-14(11(3,4)10(16)17)9-8(15(18)19)12-7(2)13(9)5/h6H2,1-5H3,(H,16,17). The molecule has 0 fully saturated rings. The molecule has 1 rings (SSSR count). The highest BCUT2D eigenvalue weighted by Crippen LogP contribution is 2.32. The third-order valence-corrected chi connectivity index (χ3v) is 3.21. The second-order valence-corrected chi connectivity index (χ2v) is 4.73. The molecular formula is C11H18N4O4. The molecule has 0 saturated heterocycles. The number of anilines is 1. The molecule has 19 heavy (non-hydrogen) atoms. The van der Waals surface area contributed by atoms with Gasteiger partial charge in [-0.05, 0) is 30.7 Å². The van der Waals surface area contributed by atoms with Crippen LogP contribution in [0.2, 0.25) is 0 Å². The van der Waals surface area contributed by atoms with Gasteiger partial charge in [-0.2, -0.15) is 0 Å². The van der Waals surface area contributed by atoms with E-state index in [1.165, 1.54) is 23.3 Å². The number of carboxylic acid groups (broad SMARTS) is 1. The number of imidazole rings is 1. The molecule has 1 aromatic rings. The van der Waals surface area contributed by atoms with E-state index in [4.69, 9.17) is 0 Å². The van der Waals surface area contributed by atoms with Gasteiger partial charge in [-0.1, -0.05) is 0 Å². The van der Waals surface area contributed by atoms with E-state index in [0.29, 0.717) is 12.4 Å². The minimum absolute atomic E-state index is 0.206. The molecule has 0 radical (unpaired) electrons. The number of hydrogen-bond donors (Lipinski definition) is 1. The Labute approximate surface area is 110 Å². The Kier molecular flexibility index (Phi) is 3.83. The van der Waals surface area contributed by atoms with Gasteiger partial charge in [0.05, 0.1) is 0 Å². The normalized spacial score (nSPS) is 11.4. The van der Waals surface area contributed by atoms with Gasteiger partial charge in [0, 0.05) is 20.5 Å². The molecular weight excluding hydrogens is 252 g/mol. The highest BCUT2D eigenvalue weighted by atomic mass is 16.6. The van der Waals surface area contributed by atoms with Crippen LogP contribution in [0.4, 0.5) is 11.6 Å². The van der Waals surface area contributed by atoms with Crippen LogP contribution in [0, 0.1) is 17.0 Å². The summed E-state index contributed by atoms with van der Waals surface area (Å²) in [5.74, 6) is -0.711. The molecule has 1 aromatic heterocycles. The third kappa shape index (κ3) is 2.38. The predicted octanol–water partition coefficient (Wildman–Crippen LogP) is 1.33. The van der Waals surface area contributed by atoms with Crippen molar-refractivity contribution >= 4 is 17.6 Å². The summed E-state index contributed by atoms with van der Waals surface area (Å²) in [6.07, 6.45) is 0. The second kappa shape index (κ2) is 4.87. The number of nitro groups is 1. The molecule has 0 atom stereocenters. The number of carbonyl (C=O) groups is 1. The number of likely N-dealkylation sites (N-methyl/N-ethyl adjacent to an activating group) is 1. The Morgan fingerprint density at radius 2 is 2.11 bits per heavy atom. The topological polar surface area (TPSA) is 101 Å². The lowest BCUT2D eigenvalue weighted by Crippen LogP contribution is -2.51. The number of nitrogens with zero attached hydrogens (tertiary/aromatic N) is 4. The van der Waals surface area contributed by atoms with E-state index < -0.39 is 16.4 Å². The minimum atomic E-state index is -1.26. The zero-order valence-corrected chi connectivity index (χ0v) is 11.7. The molecule has 8 nitrogen and oxygen atoms in total. The lowest BCUT2D eigenvalue weighted by molar-refractivity contribution is -0.388. The Balaban J connectivity index is 3.50. The summed E-state index contributed by atoms with van der Waals surface area (Å²) < 4.78 is 1.53. The van der Waals surface area contributed by atoms with Gasteiger partial charge >= 0.3 is 11.8 Å². The van der Waals surface area contributed by atoms with Crippen LogP contribution in [0.3, 0.4) is 0 Å². The number of aromatic nitrogens is 2. The average Bonchev–Trinajstić information content (AvgIpc) is 2.58. The molecule has 0 saturated carbocycles. The SMILES string of the molecule is CCN(c1c([N+](=O)[O-])nc(C)n1C)C(C)(C)C(=O)O. The fraction of sp³-hybridized carbons (Fsp3) is 0.636. The monoisotopic (exact) mass is 270 g/mol. The third-order valence-electron chi connectivity index (χ3n) is 3.21. The quantitative estimate of drug-likeness (QED) is 0.639. The van der Waals surface area contributed by atoms with Gasteiger partial charge in [0.1, 0.15) is 5.54 Å². The lowest BCUT2D eigenvalue weighted by Gasteiger charge is -2.35. The minimum Gasteiger partial charge on any atom is -0.480 e. The van der Waals surface area contributed by atoms with Crippen molar-refractivity contribution in [2.24, 2.45) is 7.05 Å². The van der Waals surface area contributed by atoms with E-state index in [9.17, 15) is 20.0 Å². The van der Waals surface area contributed by atoms with Crippen LogP contribution in [0.15, 0.2) is 0 Å². The van der Waals surface area contributed by atoms with Gasteiger partial charge in [-0.25, -0.2) is 4.79 Å². The summed E-state index contributed by atoms with van der Waals surface area (Å²) in [7, 11) is 1.63. The van der Waals surface area contributed by atoms with Crippen LogP contribution < -0.4 is 4.90 Å². The second-order valence-electron chi connectivity index (χ2n) is 4.73. The van der Waals surface area contributed by atoms with Crippen molar-refractivity contribution in [1.29, 1.82) is 0 Å². The molecule has 0 aliphatic carbocycles. The zero-order valence-electron chi connectivity index (χ0n) is 11.7. The van der Waals surface area contributed by atoms with Crippen LogP contribution in [0.5, 0.6) is 0 Å². The van der Waals surface area contributed by atoms with Crippen molar-refractivity contribution in [3.63, 3.8) is 0 Å². The number of aryl methyl sites for hydroxylation is 1. The highest BCUT2D eigenvalue weighted by molar-refractivity contribution is 5.83. The molecule has 0 spiro atoms. The van der Waals surface area contributed by atoms with E-state index in [-0.39, 0.29) is 11.6 Å². The highest BCUT2D eigenvalue weighted by Gasteiger charge is 2.40. The first-order chi connectivity index (χ1) is 8.64. The molecule has 8 heteroatoms. The van der Waals surface area contributed by atoms with E-state index in [2.05, 4.69) is 4.98 Å². The van der Waals surface area contributed by atoms with Gasteiger partial charge in [0.25, 0.3) is 0 Å². The largest absolute Gasteiger partial charge is 0.480 e. The smallest absolute Gasteiger partial charge is 0.406 e. The first-order valence-corrected chi connectivity index (χ1v) is 5.83. The Bertz CT molecular complexity index is 521. The molecule has 0 aliphatic rings. The summed E-state index contributed by atoms with van der Waals surface area (Å²) in [5.41, 5.74) is -1.26. The van der Waals surface area contributed by atoms with Crippen molar-refractivity contribution in [3.05, 3.63) is 15.9 Å². The molecule has 0 bridgehead atoms. The molecule has 106 valence electrons. The number of hydrogen-bond acceptors (Lipinski definition) is 5. The summed E-state index contributed by atoms with van der Waals surface area (Å²) in [6, 6.07) is 0. The number of carboxylic acids is 1. The molecule has 0 aromatic carbocycles. The van der Waals surface area contributed by atoms with Crippen LogP contribution in [0.1, 0.15) is 26.6 Å². The van der Waals surface area contributed by atoms with Crippen LogP contribution in [0.25, 0.3) is 0 Å². The maximum atomic E-state index is 11.4.